The van der Waals surface area contributed by atoms with E-state index in [4.69, 9.17) is 0 Å². The van der Waals surface area contributed by atoms with Crippen LogP contribution in [0.15, 0.2) is 0 Å². The summed E-state index contributed by atoms with van der Waals surface area (Å²) in [6.45, 7) is 7.12. The summed E-state index contributed by atoms with van der Waals surface area (Å²) in [5.74, 6) is 0. The van der Waals surface area contributed by atoms with Crippen LogP contribution in [-0.2, 0) is 0 Å². The minimum atomic E-state index is 0. The SMILES string of the molecule is C1N2CN3CN1CN(C2)C3.O.O.O.O.O.O. The summed E-state index contributed by atoms with van der Waals surface area (Å²) >= 11 is 0. The standard InChI is InChI=1S/C6H12N4.6H2O/c1-7-2-9-4-8(1)5-10(3-7)6-9;;;;;;/h1-6H2;6*1H2. The van der Waals surface area contributed by atoms with Crippen LogP contribution in [0.5, 0.6) is 0 Å². The summed E-state index contributed by atoms with van der Waals surface area (Å²) in [6.07, 6.45) is 0. The molecule has 0 amide bonds. The topological polar surface area (TPSA) is 202 Å². The van der Waals surface area contributed by atoms with Gasteiger partial charge in [-0.2, -0.15) is 0 Å². The van der Waals surface area contributed by atoms with Gasteiger partial charge in [-0.1, -0.05) is 0 Å². The largest absolute Gasteiger partial charge is 0.412 e. The molecule has 0 aromatic heterocycles. The summed E-state index contributed by atoms with van der Waals surface area (Å²) < 4.78 is 0. The Morgan fingerprint density at radius 1 is 0.312 bits per heavy atom. The fourth-order valence-corrected chi connectivity index (χ4v) is 2.23. The summed E-state index contributed by atoms with van der Waals surface area (Å²) in [5.41, 5.74) is 0. The fourth-order valence-electron chi connectivity index (χ4n) is 2.23. The molecule has 0 spiro atoms. The fraction of sp³-hybridized carbons (Fsp3) is 1.00. The lowest BCUT2D eigenvalue weighted by Gasteiger charge is -2.56. The molecule has 4 heterocycles. The van der Waals surface area contributed by atoms with Crippen molar-refractivity contribution in [1.29, 1.82) is 0 Å². The molecule has 0 saturated carbocycles. The third kappa shape index (κ3) is 3.88. The Hall–Kier alpha value is -0.400. The van der Waals surface area contributed by atoms with Crippen molar-refractivity contribution >= 4 is 0 Å². The van der Waals surface area contributed by atoms with E-state index in [-0.39, 0.29) is 32.9 Å². The molecule has 0 aliphatic carbocycles. The molecule has 4 aliphatic heterocycles. The quantitative estimate of drug-likeness (QED) is 0.410. The first kappa shape index (κ1) is 24.7. The molecule has 16 heavy (non-hydrogen) atoms. The zero-order valence-corrected chi connectivity index (χ0v) is 9.03. The van der Waals surface area contributed by atoms with Crippen molar-refractivity contribution in [3.63, 3.8) is 0 Å². The zero-order chi connectivity index (χ0) is 6.55. The van der Waals surface area contributed by atoms with Gasteiger partial charge < -0.3 is 32.9 Å². The molecule has 10 heteroatoms. The van der Waals surface area contributed by atoms with Crippen LogP contribution in [-0.4, -0.2) is 92.5 Å². The van der Waals surface area contributed by atoms with Gasteiger partial charge in [0.2, 0.25) is 0 Å². The van der Waals surface area contributed by atoms with Gasteiger partial charge in [-0.15, -0.1) is 0 Å². The number of rotatable bonds is 0. The van der Waals surface area contributed by atoms with E-state index in [2.05, 4.69) is 19.6 Å². The summed E-state index contributed by atoms with van der Waals surface area (Å²) in [7, 11) is 0. The Kier molecular flexibility index (Phi) is 13.5. The van der Waals surface area contributed by atoms with Crippen molar-refractivity contribution in [1.82, 2.24) is 19.6 Å². The van der Waals surface area contributed by atoms with E-state index >= 15 is 0 Å². The molecule has 4 saturated heterocycles. The van der Waals surface area contributed by atoms with E-state index in [1.165, 1.54) is 40.0 Å². The number of hydrogen-bond donors (Lipinski definition) is 0. The monoisotopic (exact) mass is 248 g/mol. The van der Waals surface area contributed by atoms with Gasteiger partial charge in [-0.05, 0) is 0 Å². The van der Waals surface area contributed by atoms with E-state index in [1.807, 2.05) is 0 Å². The first-order chi connectivity index (χ1) is 4.90. The van der Waals surface area contributed by atoms with E-state index < -0.39 is 0 Å². The van der Waals surface area contributed by atoms with Crippen LogP contribution in [0, 0.1) is 0 Å². The minimum absolute atomic E-state index is 0. The molecule has 0 atom stereocenters. The third-order valence-electron chi connectivity index (χ3n) is 2.40. The molecule has 4 fully saturated rings. The number of nitrogens with zero attached hydrogens (tertiary/aromatic N) is 4. The average Bonchev–Trinajstić information content (AvgIpc) is 1.82. The molecule has 4 rings (SSSR count). The second-order valence-electron chi connectivity index (χ2n) is 3.53. The highest BCUT2D eigenvalue weighted by molar-refractivity contribution is 4.79. The molecule has 0 unspecified atom stereocenters. The van der Waals surface area contributed by atoms with Gasteiger partial charge >= 0.3 is 0 Å². The highest BCUT2D eigenvalue weighted by Gasteiger charge is 2.36. The van der Waals surface area contributed by atoms with Crippen molar-refractivity contribution in [2.75, 3.05) is 40.0 Å². The second-order valence-corrected chi connectivity index (χ2v) is 3.53. The van der Waals surface area contributed by atoms with Gasteiger partial charge in [0, 0.05) is 0 Å². The van der Waals surface area contributed by atoms with E-state index in [0.29, 0.717) is 0 Å². The maximum absolute atomic E-state index is 2.47. The van der Waals surface area contributed by atoms with Crippen molar-refractivity contribution in [3.8, 4) is 0 Å². The van der Waals surface area contributed by atoms with Gasteiger partial charge in [0.15, 0.2) is 0 Å². The smallest absolute Gasteiger partial charge is 0.0555 e. The second kappa shape index (κ2) is 8.72. The first-order valence-electron chi connectivity index (χ1n) is 3.79. The Labute approximate surface area is 93.5 Å². The van der Waals surface area contributed by atoms with E-state index in [1.54, 1.807) is 0 Å². The average molecular weight is 248 g/mol. The first-order valence-corrected chi connectivity index (χ1v) is 3.79. The Balaban J connectivity index is -0.000000120. The molecule has 4 aliphatic rings. The van der Waals surface area contributed by atoms with Gasteiger partial charge in [-0.3, -0.25) is 19.6 Å². The molecule has 0 aromatic rings. The van der Waals surface area contributed by atoms with E-state index in [9.17, 15) is 0 Å². The summed E-state index contributed by atoms with van der Waals surface area (Å²) in [4.78, 5) is 9.88. The predicted molar refractivity (Wildman–Crippen MR) is 58.2 cm³/mol. The van der Waals surface area contributed by atoms with Crippen LogP contribution < -0.4 is 0 Å². The maximum atomic E-state index is 2.47. The van der Waals surface area contributed by atoms with Crippen LogP contribution in [0.3, 0.4) is 0 Å². The summed E-state index contributed by atoms with van der Waals surface area (Å²) in [5, 5.41) is 0. The zero-order valence-electron chi connectivity index (χ0n) is 9.03. The van der Waals surface area contributed by atoms with Crippen LogP contribution >= 0.6 is 0 Å². The molecule has 12 N–H and O–H groups in total. The molecule has 10 nitrogen and oxygen atoms in total. The van der Waals surface area contributed by atoms with Crippen molar-refractivity contribution < 1.29 is 32.9 Å². The van der Waals surface area contributed by atoms with Crippen LogP contribution in [0.1, 0.15) is 0 Å². The van der Waals surface area contributed by atoms with Crippen LogP contribution in [0.4, 0.5) is 0 Å². The van der Waals surface area contributed by atoms with Crippen molar-refractivity contribution in [3.05, 3.63) is 0 Å². The van der Waals surface area contributed by atoms with Gasteiger partial charge in [-0.25, -0.2) is 0 Å². The lowest BCUT2D eigenvalue weighted by Crippen LogP contribution is -2.71. The molecular formula is C6H24N4O6. The predicted octanol–water partition coefficient (Wildman–Crippen LogP) is -5.97. The Bertz CT molecular complexity index is 117. The number of hydrogen-bond acceptors (Lipinski definition) is 4. The van der Waals surface area contributed by atoms with Crippen LogP contribution in [0.2, 0.25) is 0 Å². The lowest BCUT2D eigenvalue weighted by atomic mass is 10.4. The highest BCUT2D eigenvalue weighted by Crippen LogP contribution is 2.20. The summed E-state index contributed by atoms with van der Waals surface area (Å²) in [6, 6.07) is 0. The van der Waals surface area contributed by atoms with Gasteiger partial charge in [0.05, 0.1) is 40.0 Å². The van der Waals surface area contributed by atoms with Gasteiger partial charge in [0.1, 0.15) is 0 Å². The third-order valence-corrected chi connectivity index (χ3v) is 2.40. The molecule has 0 radical (unpaired) electrons. The molecular weight excluding hydrogens is 224 g/mol. The molecule has 4 bridgehead atoms. The Morgan fingerprint density at radius 2 is 0.438 bits per heavy atom. The maximum Gasteiger partial charge on any atom is 0.0555 e. The normalized spacial score (nSPS) is 36.0. The van der Waals surface area contributed by atoms with Crippen LogP contribution in [0.25, 0.3) is 0 Å². The van der Waals surface area contributed by atoms with Crippen molar-refractivity contribution in [2.45, 2.75) is 0 Å². The highest BCUT2D eigenvalue weighted by atomic mass is 16.0. The molecule has 104 valence electrons. The minimum Gasteiger partial charge on any atom is -0.412 e. The Morgan fingerprint density at radius 3 is 0.562 bits per heavy atom. The van der Waals surface area contributed by atoms with Crippen molar-refractivity contribution in [2.24, 2.45) is 0 Å². The molecule has 0 aromatic carbocycles. The lowest BCUT2D eigenvalue weighted by molar-refractivity contribution is -0.194. The van der Waals surface area contributed by atoms with Gasteiger partial charge in [0.25, 0.3) is 0 Å². The van der Waals surface area contributed by atoms with E-state index in [0.717, 1.165) is 0 Å².